The number of halogens is 5. The highest BCUT2D eigenvalue weighted by molar-refractivity contribution is 5.75. The normalized spacial score (nSPS) is 15.4. The Labute approximate surface area is 164 Å². The number of carboxylic acid groups (broad SMARTS) is 1. The summed E-state index contributed by atoms with van der Waals surface area (Å²) in [6, 6.07) is 2.26. The summed E-state index contributed by atoms with van der Waals surface area (Å²) in [6.07, 6.45) is -4.12. The minimum atomic E-state index is -5.10. The first-order valence-corrected chi connectivity index (χ1v) is 9.10. The van der Waals surface area contributed by atoms with Crippen LogP contribution in [0.15, 0.2) is 18.2 Å². The second-order valence-corrected chi connectivity index (χ2v) is 7.46. The monoisotopic (exact) mass is 413 g/mol. The Bertz CT molecular complexity index is 980. The van der Waals surface area contributed by atoms with Crippen molar-refractivity contribution in [3.63, 3.8) is 0 Å². The van der Waals surface area contributed by atoms with Gasteiger partial charge in [0.05, 0.1) is 12.0 Å². The van der Waals surface area contributed by atoms with E-state index in [0.29, 0.717) is 17.2 Å². The Kier molecular flexibility index (Phi) is 5.42. The molecule has 3 rings (SSSR count). The topological polar surface area (TPSA) is 63.3 Å². The van der Waals surface area contributed by atoms with Gasteiger partial charge in [0.1, 0.15) is 11.6 Å². The zero-order valence-corrected chi connectivity index (χ0v) is 15.8. The Morgan fingerprint density at radius 3 is 2.34 bits per heavy atom. The van der Waals surface area contributed by atoms with E-state index in [0.717, 1.165) is 18.4 Å². The average Bonchev–Trinajstić information content (AvgIpc) is 3.39. The fourth-order valence-electron chi connectivity index (χ4n) is 3.78. The molecular formula is C21H20F5NO2. The molecule has 3 nitrogen and oxygen atoms in total. The van der Waals surface area contributed by atoms with Crippen LogP contribution in [-0.2, 0) is 11.0 Å². The van der Waals surface area contributed by atoms with Gasteiger partial charge in [0, 0.05) is 17.2 Å². The molecule has 1 fully saturated rings. The molecule has 3 N–H and O–H groups in total. The first kappa shape index (κ1) is 21.2. The van der Waals surface area contributed by atoms with Gasteiger partial charge >= 0.3 is 12.1 Å². The zero-order chi connectivity index (χ0) is 21.7. The maximum atomic E-state index is 15.3. The number of hydrogen-bond acceptors (Lipinski definition) is 2. The number of rotatable bonds is 5. The lowest BCUT2D eigenvalue weighted by molar-refractivity contribution is -0.140. The first-order valence-electron chi connectivity index (χ1n) is 9.10. The molecule has 8 heteroatoms. The number of aryl methyl sites for hydroxylation is 1. The van der Waals surface area contributed by atoms with Crippen molar-refractivity contribution < 1.29 is 31.9 Å². The number of benzene rings is 2. The lowest BCUT2D eigenvalue weighted by Crippen LogP contribution is -2.21. The fourth-order valence-corrected chi connectivity index (χ4v) is 3.78. The van der Waals surface area contributed by atoms with Crippen molar-refractivity contribution >= 4 is 5.97 Å². The Hall–Kier alpha value is -2.48. The van der Waals surface area contributed by atoms with Crippen LogP contribution in [0.25, 0.3) is 11.1 Å². The molecule has 0 radical (unpaired) electrons. The molecule has 0 bridgehead atoms. The van der Waals surface area contributed by atoms with Gasteiger partial charge in [-0.15, -0.1) is 0 Å². The zero-order valence-electron chi connectivity index (χ0n) is 15.8. The highest BCUT2D eigenvalue weighted by atomic mass is 19.4. The predicted octanol–water partition coefficient (Wildman–Crippen LogP) is 5.62. The van der Waals surface area contributed by atoms with E-state index in [4.69, 9.17) is 10.8 Å². The van der Waals surface area contributed by atoms with Gasteiger partial charge in [-0.25, -0.2) is 8.78 Å². The Balaban J connectivity index is 2.33. The molecule has 1 atom stereocenters. The van der Waals surface area contributed by atoms with Gasteiger partial charge in [0.2, 0.25) is 0 Å². The molecule has 2 aromatic carbocycles. The highest BCUT2D eigenvalue weighted by Gasteiger charge is 2.39. The van der Waals surface area contributed by atoms with Crippen LogP contribution < -0.4 is 5.73 Å². The predicted molar refractivity (Wildman–Crippen MR) is 97.4 cm³/mol. The number of aliphatic carboxylic acids is 1. The molecule has 1 aliphatic rings. The maximum absolute atomic E-state index is 15.3. The number of carbonyl (C=O) groups is 1. The van der Waals surface area contributed by atoms with E-state index < -0.39 is 52.9 Å². The number of hydrogen-bond donors (Lipinski definition) is 2. The first-order chi connectivity index (χ1) is 13.4. The second-order valence-electron chi connectivity index (χ2n) is 7.46. The van der Waals surface area contributed by atoms with Crippen LogP contribution in [0, 0.1) is 25.5 Å². The quantitative estimate of drug-likeness (QED) is 0.626. The van der Waals surface area contributed by atoms with Gasteiger partial charge < -0.3 is 10.8 Å². The van der Waals surface area contributed by atoms with Gasteiger partial charge in [-0.2, -0.15) is 13.2 Å². The van der Waals surface area contributed by atoms with E-state index in [9.17, 15) is 22.4 Å². The van der Waals surface area contributed by atoms with E-state index in [1.54, 1.807) is 19.9 Å². The van der Waals surface area contributed by atoms with E-state index in [-0.39, 0.29) is 11.5 Å². The van der Waals surface area contributed by atoms with Crippen molar-refractivity contribution in [1.82, 2.24) is 0 Å². The average molecular weight is 413 g/mol. The summed E-state index contributed by atoms with van der Waals surface area (Å²) >= 11 is 0. The van der Waals surface area contributed by atoms with Gasteiger partial charge in [-0.1, -0.05) is 12.1 Å². The maximum Gasteiger partial charge on any atom is 0.419 e. The van der Waals surface area contributed by atoms with Crippen LogP contribution in [0.2, 0.25) is 0 Å². The third-order valence-electron chi connectivity index (χ3n) is 5.31. The molecule has 1 unspecified atom stereocenters. The summed E-state index contributed by atoms with van der Waals surface area (Å²) in [4.78, 5) is 10.9. The minimum absolute atomic E-state index is 0.251. The number of nitrogens with two attached hydrogens (primary N) is 1. The molecule has 1 aliphatic carbocycles. The molecule has 0 heterocycles. The van der Waals surface area contributed by atoms with Gasteiger partial charge in [-0.3, -0.25) is 4.79 Å². The molecule has 29 heavy (non-hydrogen) atoms. The molecule has 0 aromatic heterocycles. The lowest BCUT2D eigenvalue weighted by atomic mass is 9.87. The largest absolute Gasteiger partial charge is 0.481 e. The summed E-state index contributed by atoms with van der Waals surface area (Å²) < 4.78 is 70.4. The third-order valence-corrected chi connectivity index (χ3v) is 5.31. The van der Waals surface area contributed by atoms with E-state index in [1.165, 1.54) is 0 Å². The van der Waals surface area contributed by atoms with E-state index >= 15 is 4.39 Å². The molecule has 0 amide bonds. The van der Waals surface area contributed by atoms with Gasteiger partial charge in [0.25, 0.3) is 0 Å². The standard InChI is InChI=1S/C21H20F5NO2/c1-9-3-6-12(11-4-5-11)10(2)17(9)13-7-14(21(24,25)26)20(23)18(19(13)22)15(27)8-16(28)29/h3,6-7,11,15H,4-5,8,27H2,1-2H3,(H,28,29). The summed E-state index contributed by atoms with van der Waals surface area (Å²) in [5.41, 5.74) is 4.77. The fraction of sp³-hybridized carbons (Fsp3) is 0.381. The van der Waals surface area contributed by atoms with Crippen molar-refractivity contribution in [3.05, 3.63) is 57.7 Å². The van der Waals surface area contributed by atoms with Crippen LogP contribution in [-0.4, -0.2) is 11.1 Å². The molecular weight excluding hydrogens is 393 g/mol. The second kappa shape index (κ2) is 7.40. The summed E-state index contributed by atoms with van der Waals surface area (Å²) in [5, 5.41) is 8.89. The lowest BCUT2D eigenvalue weighted by Gasteiger charge is -2.21. The summed E-state index contributed by atoms with van der Waals surface area (Å²) in [5.74, 6) is -4.34. The highest BCUT2D eigenvalue weighted by Crippen LogP contribution is 2.46. The molecule has 2 aromatic rings. The van der Waals surface area contributed by atoms with E-state index in [1.807, 2.05) is 6.07 Å². The number of alkyl halides is 3. The Morgan fingerprint density at radius 1 is 1.21 bits per heavy atom. The molecule has 0 aliphatic heterocycles. The van der Waals surface area contributed by atoms with Crippen molar-refractivity contribution in [2.45, 2.75) is 51.2 Å². The van der Waals surface area contributed by atoms with Crippen LogP contribution in [0.3, 0.4) is 0 Å². The number of carboxylic acids is 1. The van der Waals surface area contributed by atoms with Gasteiger partial charge in [-0.05, 0) is 60.9 Å². The van der Waals surface area contributed by atoms with Crippen molar-refractivity contribution in [2.75, 3.05) is 0 Å². The van der Waals surface area contributed by atoms with E-state index in [2.05, 4.69) is 0 Å². The van der Waals surface area contributed by atoms with Crippen LogP contribution in [0.5, 0.6) is 0 Å². The van der Waals surface area contributed by atoms with Gasteiger partial charge in [0.15, 0.2) is 0 Å². The Morgan fingerprint density at radius 2 is 1.83 bits per heavy atom. The molecule has 156 valence electrons. The molecule has 0 spiro atoms. The molecule has 1 saturated carbocycles. The third kappa shape index (κ3) is 3.99. The minimum Gasteiger partial charge on any atom is -0.481 e. The SMILES string of the molecule is Cc1ccc(C2CC2)c(C)c1-c1cc(C(F)(F)F)c(F)c(C(N)CC(=O)O)c1F. The van der Waals surface area contributed by atoms with Crippen molar-refractivity contribution in [3.8, 4) is 11.1 Å². The summed E-state index contributed by atoms with van der Waals surface area (Å²) in [7, 11) is 0. The summed E-state index contributed by atoms with van der Waals surface area (Å²) in [6.45, 7) is 3.33. The van der Waals surface area contributed by atoms with Crippen LogP contribution in [0.4, 0.5) is 22.0 Å². The van der Waals surface area contributed by atoms with Crippen molar-refractivity contribution in [2.24, 2.45) is 5.73 Å². The molecule has 0 saturated heterocycles. The van der Waals surface area contributed by atoms with Crippen LogP contribution in [0.1, 0.15) is 59.0 Å². The van der Waals surface area contributed by atoms with Crippen LogP contribution >= 0.6 is 0 Å². The smallest absolute Gasteiger partial charge is 0.419 e. The van der Waals surface area contributed by atoms with Crippen molar-refractivity contribution in [1.29, 1.82) is 0 Å².